The van der Waals surface area contributed by atoms with Gasteiger partial charge in [0.2, 0.25) is 0 Å². The Kier molecular flexibility index (Phi) is 3.39. The predicted molar refractivity (Wildman–Crippen MR) is 48.5 cm³/mol. The number of rotatable bonds is 4. The third-order valence-electron chi connectivity index (χ3n) is 1.36. The molecule has 0 aliphatic heterocycles. The summed E-state index contributed by atoms with van der Waals surface area (Å²) in [6, 6.07) is 3.39. The summed E-state index contributed by atoms with van der Waals surface area (Å²) >= 11 is 0. The van der Waals surface area contributed by atoms with Gasteiger partial charge >= 0.3 is 0 Å². The van der Waals surface area contributed by atoms with Gasteiger partial charge in [0, 0.05) is 12.4 Å². The Morgan fingerprint density at radius 3 is 2.85 bits per heavy atom. The van der Waals surface area contributed by atoms with Crippen molar-refractivity contribution in [2.24, 2.45) is 0 Å². The molecule has 0 saturated heterocycles. The van der Waals surface area contributed by atoms with Crippen molar-refractivity contribution in [1.29, 1.82) is 0 Å². The fourth-order valence-electron chi connectivity index (χ4n) is 0.909. The van der Waals surface area contributed by atoms with Crippen LogP contribution in [0.1, 0.15) is 12.5 Å². The summed E-state index contributed by atoms with van der Waals surface area (Å²) < 4.78 is 26.9. The summed E-state index contributed by atoms with van der Waals surface area (Å²) in [6.07, 6.45) is 3.10. The molecule has 13 heavy (non-hydrogen) atoms. The van der Waals surface area contributed by atoms with Gasteiger partial charge in [0.1, 0.15) is 5.75 Å². The molecular formula is C8H11NO3S. The van der Waals surface area contributed by atoms with Gasteiger partial charge in [0.15, 0.2) is 0 Å². The number of nitrogens with zero attached hydrogens (tertiary/aromatic N) is 1. The summed E-state index contributed by atoms with van der Waals surface area (Å²) in [5.41, 5.74) is 0.635. The van der Waals surface area contributed by atoms with E-state index in [2.05, 4.69) is 9.17 Å². The van der Waals surface area contributed by atoms with Crippen molar-refractivity contribution in [1.82, 2.24) is 4.98 Å². The highest BCUT2D eigenvalue weighted by Gasteiger charge is 2.10. The first-order valence-corrected chi connectivity index (χ1v) is 5.48. The van der Waals surface area contributed by atoms with E-state index in [0.29, 0.717) is 5.56 Å². The third kappa shape index (κ3) is 3.52. The van der Waals surface area contributed by atoms with Crippen LogP contribution in [0.15, 0.2) is 24.5 Å². The molecule has 1 aromatic rings. The molecule has 0 N–H and O–H groups in total. The molecule has 0 aliphatic rings. The van der Waals surface area contributed by atoms with Gasteiger partial charge in [-0.05, 0) is 18.6 Å². The molecular weight excluding hydrogens is 190 g/mol. The van der Waals surface area contributed by atoms with Gasteiger partial charge in [0.05, 0.1) is 6.61 Å². The highest BCUT2D eigenvalue weighted by Crippen LogP contribution is 2.05. The molecule has 5 heteroatoms. The van der Waals surface area contributed by atoms with E-state index in [4.69, 9.17) is 0 Å². The van der Waals surface area contributed by atoms with E-state index in [1.807, 2.05) is 0 Å². The standard InChI is InChI=1S/C8H11NO3S/c1-2-12-13(10,11)7-8-4-3-5-9-6-8/h3-6H,2,7H2,1H3. The highest BCUT2D eigenvalue weighted by atomic mass is 32.2. The summed E-state index contributed by atoms with van der Waals surface area (Å²) in [5.74, 6) is -0.116. The molecule has 0 atom stereocenters. The van der Waals surface area contributed by atoms with Gasteiger partial charge in [-0.1, -0.05) is 6.07 Å². The normalized spacial score (nSPS) is 11.5. The molecule has 1 aromatic heterocycles. The van der Waals surface area contributed by atoms with Crippen LogP contribution in [0.2, 0.25) is 0 Å². The van der Waals surface area contributed by atoms with Crippen molar-refractivity contribution in [3.05, 3.63) is 30.1 Å². The molecule has 1 heterocycles. The molecule has 0 aliphatic carbocycles. The van der Waals surface area contributed by atoms with E-state index in [1.54, 1.807) is 25.3 Å². The van der Waals surface area contributed by atoms with Gasteiger partial charge in [0.25, 0.3) is 10.1 Å². The van der Waals surface area contributed by atoms with E-state index in [-0.39, 0.29) is 12.4 Å². The molecule has 0 unspecified atom stereocenters. The van der Waals surface area contributed by atoms with Crippen LogP contribution in [0, 0.1) is 0 Å². The summed E-state index contributed by atoms with van der Waals surface area (Å²) in [4.78, 5) is 3.81. The lowest BCUT2D eigenvalue weighted by Gasteiger charge is -2.01. The Balaban J connectivity index is 2.70. The minimum atomic E-state index is -3.42. The molecule has 0 radical (unpaired) electrons. The van der Waals surface area contributed by atoms with Crippen molar-refractivity contribution in [2.75, 3.05) is 6.61 Å². The maximum absolute atomic E-state index is 11.1. The van der Waals surface area contributed by atoms with Crippen molar-refractivity contribution in [2.45, 2.75) is 12.7 Å². The van der Waals surface area contributed by atoms with Crippen LogP contribution in [0.25, 0.3) is 0 Å². The fraction of sp³-hybridized carbons (Fsp3) is 0.375. The quantitative estimate of drug-likeness (QED) is 0.680. The zero-order valence-electron chi connectivity index (χ0n) is 7.30. The fourth-order valence-corrected chi connectivity index (χ4v) is 1.93. The molecule has 0 amide bonds. The van der Waals surface area contributed by atoms with Crippen molar-refractivity contribution in [3.8, 4) is 0 Å². The van der Waals surface area contributed by atoms with Gasteiger partial charge in [-0.15, -0.1) is 0 Å². The number of pyridine rings is 1. The lowest BCUT2D eigenvalue weighted by molar-refractivity contribution is 0.337. The SMILES string of the molecule is CCOS(=O)(=O)Cc1cccnc1. The molecule has 4 nitrogen and oxygen atoms in total. The van der Waals surface area contributed by atoms with Gasteiger partial charge in [-0.2, -0.15) is 8.42 Å². The molecule has 0 bridgehead atoms. The Morgan fingerprint density at radius 2 is 2.31 bits per heavy atom. The second kappa shape index (κ2) is 4.34. The first kappa shape index (κ1) is 10.1. The summed E-state index contributed by atoms with van der Waals surface area (Å²) in [6.45, 7) is 1.81. The van der Waals surface area contributed by atoms with E-state index < -0.39 is 10.1 Å². The smallest absolute Gasteiger partial charge is 0.270 e. The zero-order chi connectivity index (χ0) is 9.73. The molecule has 1 rings (SSSR count). The Morgan fingerprint density at radius 1 is 1.54 bits per heavy atom. The molecule has 0 saturated carbocycles. The van der Waals surface area contributed by atoms with Crippen molar-refractivity contribution >= 4 is 10.1 Å². The largest absolute Gasteiger partial charge is 0.271 e. The predicted octanol–water partition coefficient (Wildman–Crippen LogP) is 0.948. The van der Waals surface area contributed by atoms with Crippen LogP contribution in [0.4, 0.5) is 0 Å². The third-order valence-corrected chi connectivity index (χ3v) is 2.65. The highest BCUT2D eigenvalue weighted by molar-refractivity contribution is 7.85. The first-order valence-electron chi connectivity index (χ1n) is 3.90. The average Bonchev–Trinajstić information content (AvgIpc) is 2.04. The van der Waals surface area contributed by atoms with Crippen LogP contribution in [0.3, 0.4) is 0 Å². The first-order chi connectivity index (χ1) is 6.14. The van der Waals surface area contributed by atoms with E-state index in [1.165, 1.54) is 6.20 Å². The van der Waals surface area contributed by atoms with Gasteiger partial charge in [-0.25, -0.2) is 0 Å². The minimum Gasteiger partial charge on any atom is -0.270 e. The van der Waals surface area contributed by atoms with E-state index >= 15 is 0 Å². The summed E-state index contributed by atoms with van der Waals surface area (Å²) in [7, 11) is -3.42. The van der Waals surface area contributed by atoms with Crippen LogP contribution in [0.5, 0.6) is 0 Å². The zero-order valence-corrected chi connectivity index (χ0v) is 8.12. The molecule has 0 spiro atoms. The van der Waals surface area contributed by atoms with Gasteiger partial charge < -0.3 is 0 Å². The van der Waals surface area contributed by atoms with E-state index in [0.717, 1.165) is 0 Å². The Labute approximate surface area is 77.7 Å². The average molecular weight is 201 g/mol. The number of hydrogen-bond donors (Lipinski definition) is 0. The second-order valence-corrected chi connectivity index (χ2v) is 4.11. The number of hydrogen-bond acceptors (Lipinski definition) is 4. The minimum absolute atomic E-state index is 0.116. The summed E-state index contributed by atoms with van der Waals surface area (Å²) in [5, 5.41) is 0. The van der Waals surface area contributed by atoms with E-state index in [9.17, 15) is 8.42 Å². The molecule has 72 valence electrons. The van der Waals surface area contributed by atoms with Crippen LogP contribution < -0.4 is 0 Å². The van der Waals surface area contributed by atoms with Gasteiger partial charge in [-0.3, -0.25) is 9.17 Å². The van der Waals surface area contributed by atoms with Crippen LogP contribution >= 0.6 is 0 Å². The van der Waals surface area contributed by atoms with Crippen molar-refractivity contribution in [3.63, 3.8) is 0 Å². The monoisotopic (exact) mass is 201 g/mol. The topological polar surface area (TPSA) is 56.3 Å². The lowest BCUT2D eigenvalue weighted by atomic mass is 10.3. The molecule has 0 fully saturated rings. The lowest BCUT2D eigenvalue weighted by Crippen LogP contribution is -2.08. The van der Waals surface area contributed by atoms with Crippen LogP contribution in [-0.2, 0) is 20.1 Å². The van der Waals surface area contributed by atoms with Crippen molar-refractivity contribution < 1.29 is 12.6 Å². The Bertz CT molecular complexity index is 347. The maximum atomic E-state index is 11.1. The Hall–Kier alpha value is -0.940. The second-order valence-electron chi connectivity index (χ2n) is 2.47. The number of aromatic nitrogens is 1. The molecule has 0 aromatic carbocycles. The van der Waals surface area contributed by atoms with Crippen LogP contribution in [-0.4, -0.2) is 20.0 Å². The maximum Gasteiger partial charge on any atom is 0.271 e.